The summed E-state index contributed by atoms with van der Waals surface area (Å²) in [7, 11) is 0. The molecule has 28 heavy (non-hydrogen) atoms. The molecule has 1 aromatic heterocycles. The Labute approximate surface area is 166 Å². The summed E-state index contributed by atoms with van der Waals surface area (Å²) >= 11 is 0. The second-order valence-electron chi connectivity index (χ2n) is 8.62. The summed E-state index contributed by atoms with van der Waals surface area (Å²) in [5.74, 6) is 1.13. The van der Waals surface area contributed by atoms with Gasteiger partial charge in [0.05, 0.1) is 12.2 Å². The number of hydrogen-bond donors (Lipinski definition) is 0. The van der Waals surface area contributed by atoms with Crippen molar-refractivity contribution in [3.8, 4) is 11.4 Å². The van der Waals surface area contributed by atoms with E-state index in [0.717, 1.165) is 69.7 Å². The molecule has 2 fully saturated rings. The largest absolute Gasteiger partial charge is 0.342 e. The number of rotatable bonds is 3. The molecule has 2 aliphatic heterocycles. The third kappa shape index (κ3) is 3.22. The third-order valence-electron chi connectivity index (χ3n) is 6.75. The van der Waals surface area contributed by atoms with Gasteiger partial charge in [-0.25, -0.2) is 9.97 Å². The number of carbonyl (C=O) groups excluding carboxylic acids is 1. The van der Waals surface area contributed by atoms with Crippen LogP contribution in [-0.2, 0) is 16.6 Å². The molecule has 3 aliphatic rings. The van der Waals surface area contributed by atoms with Gasteiger partial charge in [0, 0.05) is 36.8 Å². The number of benzene rings is 1. The maximum Gasteiger partial charge on any atom is 0.236 e. The molecule has 1 atom stereocenters. The molecule has 0 saturated carbocycles. The summed E-state index contributed by atoms with van der Waals surface area (Å²) in [5, 5.41) is 0. The molecule has 2 saturated heterocycles. The molecule has 146 valence electrons. The fourth-order valence-corrected chi connectivity index (χ4v) is 5.28. The van der Waals surface area contributed by atoms with Crippen molar-refractivity contribution >= 4 is 5.91 Å². The zero-order valence-corrected chi connectivity index (χ0v) is 16.4. The van der Waals surface area contributed by atoms with E-state index in [1.165, 1.54) is 17.7 Å². The summed E-state index contributed by atoms with van der Waals surface area (Å²) in [5.41, 5.74) is 3.70. The lowest BCUT2D eigenvalue weighted by Crippen LogP contribution is -2.49. The van der Waals surface area contributed by atoms with E-state index in [1.54, 1.807) is 0 Å². The van der Waals surface area contributed by atoms with Crippen molar-refractivity contribution in [3.63, 3.8) is 0 Å². The van der Waals surface area contributed by atoms with Crippen molar-refractivity contribution in [1.82, 2.24) is 19.8 Å². The molecule has 2 aromatic rings. The van der Waals surface area contributed by atoms with Crippen LogP contribution < -0.4 is 0 Å². The highest BCUT2D eigenvalue weighted by molar-refractivity contribution is 5.78. The molecule has 3 heterocycles. The van der Waals surface area contributed by atoms with Gasteiger partial charge >= 0.3 is 0 Å². The van der Waals surface area contributed by atoms with Gasteiger partial charge in [-0.05, 0) is 50.6 Å². The zero-order valence-electron chi connectivity index (χ0n) is 16.4. The molecular formula is C23H28N4O. The van der Waals surface area contributed by atoms with Crippen molar-refractivity contribution in [2.24, 2.45) is 0 Å². The van der Waals surface area contributed by atoms with Crippen molar-refractivity contribution in [2.45, 2.75) is 43.9 Å². The van der Waals surface area contributed by atoms with E-state index in [4.69, 9.17) is 4.98 Å². The lowest BCUT2D eigenvalue weighted by molar-refractivity contribution is -0.131. The second kappa shape index (κ2) is 7.28. The molecule has 5 heteroatoms. The average Bonchev–Trinajstić information content (AvgIpc) is 3.38. The molecule has 5 rings (SSSR count). The Balaban J connectivity index is 1.38. The number of nitrogens with zero attached hydrogens (tertiary/aromatic N) is 4. The van der Waals surface area contributed by atoms with Gasteiger partial charge < -0.3 is 4.90 Å². The Morgan fingerprint density at radius 2 is 1.86 bits per heavy atom. The van der Waals surface area contributed by atoms with Crippen LogP contribution in [0.3, 0.4) is 0 Å². The highest BCUT2D eigenvalue weighted by Crippen LogP contribution is 2.44. The Kier molecular flexibility index (Phi) is 4.63. The Morgan fingerprint density at radius 3 is 2.68 bits per heavy atom. The molecule has 1 spiro atoms. The SMILES string of the molecule is O=C(CN1CCCC2(CCc3cnc(-c4ccccc4)nc32)C1)N1CCCC1. The first-order valence-electron chi connectivity index (χ1n) is 10.7. The maximum atomic E-state index is 12.7. The highest BCUT2D eigenvalue weighted by atomic mass is 16.2. The molecule has 1 unspecified atom stereocenters. The van der Waals surface area contributed by atoms with Gasteiger partial charge in [-0.15, -0.1) is 0 Å². The first-order valence-corrected chi connectivity index (χ1v) is 10.7. The number of fused-ring (bicyclic) bond motifs is 2. The van der Waals surface area contributed by atoms with Crippen LogP contribution in [-0.4, -0.2) is 58.4 Å². The molecule has 5 nitrogen and oxygen atoms in total. The number of aromatic nitrogens is 2. The van der Waals surface area contributed by atoms with Crippen LogP contribution in [0.15, 0.2) is 36.5 Å². The van der Waals surface area contributed by atoms with Crippen LogP contribution >= 0.6 is 0 Å². The second-order valence-corrected chi connectivity index (χ2v) is 8.62. The molecular weight excluding hydrogens is 348 g/mol. The number of carbonyl (C=O) groups is 1. The molecule has 0 radical (unpaired) electrons. The number of aryl methyl sites for hydroxylation is 1. The molecule has 0 N–H and O–H groups in total. The summed E-state index contributed by atoms with van der Waals surface area (Å²) < 4.78 is 0. The standard InChI is InChI=1S/C23H28N4O/c28-20(27-13-4-5-14-27)16-26-12-6-10-23(17-26)11-9-19-15-24-22(25-21(19)23)18-7-2-1-3-8-18/h1-3,7-8,15H,4-6,9-14,16-17H2. The summed E-state index contributed by atoms with van der Waals surface area (Å²) in [6.07, 6.45) is 8.83. The van der Waals surface area contributed by atoms with Gasteiger partial charge in [-0.3, -0.25) is 9.69 Å². The number of piperidine rings is 1. The van der Waals surface area contributed by atoms with Crippen LogP contribution in [0.2, 0.25) is 0 Å². The molecule has 1 aromatic carbocycles. The Morgan fingerprint density at radius 1 is 1.04 bits per heavy atom. The Bertz CT molecular complexity index is 858. The summed E-state index contributed by atoms with van der Waals surface area (Å²) in [6, 6.07) is 10.2. The fraction of sp³-hybridized carbons (Fsp3) is 0.522. The van der Waals surface area contributed by atoms with Gasteiger partial charge in [0.2, 0.25) is 5.91 Å². The minimum Gasteiger partial charge on any atom is -0.342 e. The minimum absolute atomic E-state index is 0.0886. The van der Waals surface area contributed by atoms with Crippen molar-refractivity contribution in [3.05, 3.63) is 47.8 Å². The van der Waals surface area contributed by atoms with Crippen LogP contribution in [0.25, 0.3) is 11.4 Å². The third-order valence-corrected chi connectivity index (χ3v) is 6.75. The van der Waals surface area contributed by atoms with Gasteiger partial charge in [0.25, 0.3) is 0 Å². The number of amides is 1. The van der Waals surface area contributed by atoms with E-state index < -0.39 is 0 Å². The molecule has 1 amide bonds. The van der Waals surface area contributed by atoms with Crippen LogP contribution in [0, 0.1) is 0 Å². The van der Waals surface area contributed by atoms with E-state index >= 15 is 0 Å². The van der Waals surface area contributed by atoms with Crippen molar-refractivity contribution in [1.29, 1.82) is 0 Å². The first-order chi connectivity index (χ1) is 13.7. The highest BCUT2D eigenvalue weighted by Gasteiger charge is 2.44. The van der Waals surface area contributed by atoms with E-state index in [1.807, 2.05) is 29.3 Å². The quantitative estimate of drug-likeness (QED) is 0.826. The molecule has 0 bridgehead atoms. The zero-order chi connectivity index (χ0) is 19.0. The van der Waals surface area contributed by atoms with E-state index in [2.05, 4.69) is 22.0 Å². The van der Waals surface area contributed by atoms with Gasteiger partial charge in [-0.1, -0.05) is 30.3 Å². The molecule has 1 aliphatic carbocycles. The predicted molar refractivity (Wildman–Crippen MR) is 109 cm³/mol. The first kappa shape index (κ1) is 17.8. The topological polar surface area (TPSA) is 49.3 Å². The van der Waals surface area contributed by atoms with E-state index in [-0.39, 0.29) is 5.41 Å². The van der Waals surface area contributed by atoms with Gasteiger partial charge in [0.1, 0.15) is 0 Å². The van der Waals surface area contributed by atoms with Gasteiger partial charge in [-0.2, -0.15) is 0 Å². The van der Waals surface area contributed by atoms with Gasteiger partial charge in [0.15, 0.2) is 5.82 Å². The van der Waals surface area contributed by atoms with Crippen molar-refractivity contribution < 1.29 is 4.79 Å². The van der Waals surface area contributed by atoms with Crippen LogP contribution in [0.4, 0.5) is 0 Å². The maximum absolute atomic E-state index is 12.7. The minimum atomic E-state index is 0.0886. The van der Waals surface area contributed by atoms with E-state index in [9.17, 15) is 4.79 Å². The summed E-state index contributed by atoms with van der Waals surface area (Å²) in [4.78, 5) is 26.8. The predicted octanol–water partition coefficient (Wildman–Crippen LogP) is 3.05. The normalized spacial score (nSPS) is 24.6. The number of hydrogen-bond acceptors (Lipinski definition) is 4. The van der Waals surface area contributed by atoms with E-state index in [0.29, 0.717) is 12.5 Å². The number of likely N-dealkylation sites (tertiary alicyclic amines) is 2. The van der Waals surface area contributed by atoms with Crippen molar-refractivity contribution in [2.75, 3.05) is 32.7 Å². The lowest BCUT2D eigenvalue weighted by atomic mass is 9.77. The monoisotopic (exact) mass is 376 g/mol. The Hall–Kier alpha value is -2.27. The van der Waals surface area contributed by atoms with Crippen LogP contribution in [0.1, 0.15) is 43.4 Å². The smallest absolute Gasteiger partial charge is 0.236 e. The average molecular weight is 377 g/mol. The summed E-state index contributed by atoms with van der Waals surface area (Å²) in [6.45, 7) is 4.41. The lowest BCUT2D eigenvalue weighted by Gasteiger charge is -2.40. The fourth-order valence-electron chi connectivity index (χ4n) is 5.28. The van der Waals surface area contributed by atoms with Crippen LogP contribution in [0.5, 0.6) is 0 Å².